The van der Waals surface area contributed by atoms with Crippen molar-refractivity contribution in [3.8, 4) is 11.8 Å². The van der Waals surface area contributed by atoms with E-state index in [0.717, 1.165) is 12.7 Å². The molecule has 0 saturated heterocycles. The first-order valence-corrected chi connectivity index (χ1v) is 8.47. The Morgan fingerprint density at radius 3 is 2.45 bits per heavy atom. The van der Waals surface area contributed by atoms with Crippen LogP contribution < -0.4 is 13.8 Å². The van der Waals surface area contributed by atoms with E-state index in [1.807, 2.05) is 6.92 Å². The summed E-state index contributed by atoms with van der Waals surface area (Å²) in [6, 6.07) is 2.89. The Morgan fingerprint density at radius 1 is 1.27 bits per heavy atom. The van der Waals surface area contributed by atoms with E-state index in [1.165, 1.54) is 26.4 Å². The molecular weight excluding hydrogens is 308 g/mol. The van der Waals surface area contributed by atoms with Crippen molar-refractivity contribution in [2.45, 2.75) is 19.8 Å². The summed E-state index contributed by atoms with van der Waals surface area (Å²) in [7, 11) is -1.05. The fourth-order valence-corrected chi connectivity index (χ4v) is 2.71. The SMILES string of the molecule is CCC=CCC(=O)N(c1ccc(OC)nc1OC)S(C)(=O)=O. The van der Waals surface area contributed by atoms with Gasteiger partial charge in [-0.3, -0.25) is 4.79 Å². The van der Waals surface area contributed by atoms with Crippen LogP contribution in [-0.2, 0) is 14.8 Å². The van der Waals surface area contributed by atoms with Gasteiger partial charge in [0.1, 0.15) is 5.69 Å². The molecule has 1 aromatic rings. The third-order valence-electron chi connectivity index (χ3n) is 2.69. The first-order valence-electron chi connectivity index (χ1n) is 6.62. The molecule has 1 heterocycles. The van der Waals surface area contributed by atoms with E-state index in [9.17, 15) is 13.2 Å². The number of anilines is 1. The summed E-state index contributed by atoms with van der Waals surface area (Å²) in [6.45, 7) is 1.92. The van der Waals surface area contributed by atoms with Gasteiger partial charge in [-0.15, -0.1) is 0 Å². The van der Waals surface area contributed by atoms with Crippen LogP contribution in [0.25, 0.3) is 0 Å². The molecule has 0 aromatic carbocycles. The molecular formula is C14H20N2O5S. The molecule has 1 rings (SSSR count). The van der Waals surface area contributed by atoms with E-state index < -0.39 is 15.9 Å². The number of aromatic nitrogens is 1. The molecule has 1 amide bonds. The van der Waals surface area contributed by atoms with Crippen LogP contribution in [0.1, 0.15) is 19.8 Å². The smallest absolute Gasteiger partial charge is 0.244 e. The molecule has 0 atom stereocenters. The largest absolute Gasteiger partial charge is 0.481 e. The number of amides is 1. The standard InChI is InChI=1S/C14H20N2O5S/c1-5-6-7-8-13(17)16(22(4,18)19)11-9-10-12(20-2)15-14(11)21-3/h6-7,9-10H,5,8H2,1-4H3. The highest BCUT2D eigenvalue weighted by Gasteiger charge is 2.28. The normalized spacial score (nSPS) is 11.5. The van der Waals surface area contributed by atoms with Crippen molar-refractivity contribution in [3.05, 3.63) is 24.3 Å². The van der Waals surface area contributed by atoms with Crippen molar-refractivity contribution in [2.75, 3.05) is 24.8 Å². The number of carbonyl (C=O) groups excluding carboxylic acids is 1. The van der Waals surface area contributed by atoms with Crippen molar-refractivity contribution in [1.29, 1.82) is 0 Å². The zero-order chi connectivity index (χ0) is 16.8. The molecule has 122 valence electrons. The maximum atomic E-state index is 12.3. The molecule has 0 spiro atoms. The third-order valence-corrected chi connectivity index (χ3v) is 3.75. The Labute approximate surface area is 130 Å². The van der Waals surface area contributed by atoms with Gasteiger partial charge in [0.15, 0.2) is 0 Å². The number of pyridine rings is 1. The minimum Gasteiger partial charge on any atom is -0.481 e. The zero-order valence-electron chi connectivity index (χ0n) is 13.1. The molecule has 8 heteroatoms. The lowest BCUT2D eigenvalue weighted by Gasteiger charge is -2.21. The van der Waals surface area contributed by atoms with Gasteiger partial charge in [0.25, 0.3) is 0 Å². The lowest BCUT2D eigenvalue weighted by molar-refractivity contribution is -0.116. The number of ether oxygens (including phenoxy) is 2. The van der Waals surface area contributed by atoms with Crippen LogP contribution in [0.3, 0.4) is 0 Å². The number of carbonyl (C=O) groups is 1. The minimum absolute atomic E-state index is 0.00223. The first-order chi connectivity index (χ1) is 10.3. The van der Waals surface area contributed by atoms with Gasteiger partial charge in [-0.1, -0.05) is 19.1 Å². The van der Waals surface area contributed by atoms with Crippen molar-refractivity contribution >= 4 is 21.6 Å². The topological polar surface area (TPSA) is 85.8 Å². The Balaban J connectivity index is 3.29. The van der Waals surface area contributed by atoms with Crippen LogP contribution in [-0.4, -0.2) is 39.8 Å². The number of hydrogen-bond acceptors (Lipinski definition) is 6. The van der Waals surface area contributed by atoms with Crippen LogP contribution in [0, 0.1) is 0 Å². The van der Waals surface area contributed by atoms with Gasteiger partial charge in [-0.2, -0.15) is 4.98 Å². The lowest BCUT2D eigenvalue weighted by Crippen LogP contribution is -2.36. The quantitative estimate of drug-likeness (QED) is 0.709. The Bertz CT molecular complexity index is 655. The summed E-state index contributed by atoms with van der Waals surface area (Å²) < 4.78 is 34.7. The van der Waals surface area contributed by atoms with Crippen LogP contribution in [0.5, 0.6) is 11.8 Å². The van der Waals surface area contributed by atoms with E-state index in [-0.39, 0.29) is 23.9 Å². The molecule has 0 unspecified atom stereocenters. The average Bonchev–Trinajstić information content (AvgIpc) is 2.46. The predicted molar refractivity (Wildman–Crippen MR) is 83.7 cm³/mol. The monoisotopic (exact) mass is 328 g/mol. The van der Waals surface area contributed by atoms with Crippen LogP contribution in [0.4, 0.5) is 5.69 Å². The number of sulfonamides is 1. The highest BCUT2D eigenvalue weighted by Crippen LogP contribution is 2.30. The Kier molecular flexibility index (Phi) is 6.36. The number of methoxy groups -OCH3 is 2. The summed E-state index contributed by atoms with van der Waals surface area (Å²) >= 11 is 0. The van der Waals surface area contributed by atoms with Gasteiger partial charge in [0.05, 0.1) is 20.5 Å². The number of nitrogens with zero attached hydrogens (tertiary/aromatic N) is 2. The predicted octanol–water partition coefficient (Wildman–Crippen LogP) is 1.75. The molecule has 22 heavy (non-hydrogen) atoms. The highest BCUT2D eigenvalue weighted by atomic mass is 32.2. The van der Waals surface area contributed by atoms with E-state index >= 15 is 0 Å². The fraction of sp³-hybridized carbons (Fsp3) is 0.429. The van der Waals surface area contributed by atoms with E-state index in [0.29, 0.717) is 4.31 Å². The van der Waals surface area contributed by atoms with Gasteiger partial charge in [0.2, 0.25) is 27.7 Å². The summed E-state index contributed by atoms with van der Waals surface area (Å²) in [4.78, 5) is 16.3. The lowest BCUT2D eigenvalue weighted by atomic mass is 10.3. The van der Waals surface area contributed by atoms with E-state index in [1.54, 1.807) is 12.2 Å². The van der Waals surface area contributed by atoms with Crippen molar-refractivity contribution in [1.82, 2.24) is 4.98 Å². The molecule has 0 aliphatic rings. The molecule has 0 aliphatic heterocycles. The van der Waals surface area contributed by atoms with Gasteiger partial charge >= 0.3 is 0 Å². The maximum Gasteiger partial charge on any atom is 0.244 e. The second-order valence-corrected chi connectivity index (χ2v) is 6.22. The fourth-order valence-electron chi connectivity index (χ4n) is 1.77. The van der Waals surface area contributed by atoms with E-state index in [4.69, 9.17) is 9.47 Å². The van der Waals surface area contributed by atoms with Crippen molar-refractivity contribution < 1.29 is 22.7 Å². The van der Waals surface area contributed by atoms with Crippen molar-refractivity contribution in [3.63, 3.8) is 0 Å². The van der Waals surface area contributed by atoms with Gasteiger partial charge in [-0.05, 0) is 12.5 Å². The van der Waals surface area contributed by atoms with Crippen molar-refractivity contribution in [2.24, 2.45) is 0 Å². The number of hydrogen-bond donors (Lipinski definition) is 0. The number of allylic oxidation sites excluding steroid dienone is 1. The minimum atomic E-state index is -3.82. The molecule has 0 fully saturated rings. The van der Waals surface area contributed by atoms with Crippen LogP contribution in [0.2, 0.25) is 0 Å². The summed E-state index contributed by atoms with van der Waals surface area (Å²) in [5.41, 5.74) is 0.0562. The maximum absolute atomic E-state index is 12.3. The second-order valence-electron chi connectivity index (χ2n) is 4.39. The third kappa shape index (κ3) is 4.45. The Hall–Kier alpha value is -2.09. The van der Waals surface area contributed by atoms with Gasteiger partial charge in [-0.25, -0.2) is 12.7 Å². The van der Waals surface area contributed by atoms with Gasteiger partial charge in [0, 0.05) is 12.5 Å². The second kappa shape index (κ2) is 7.79. The van der Waals surface area contributed by atoms with Gasteiger partial charge < -0.3 is 9.47 Å². The van der Waals surface area contributed by atoms with E-state index in [2.05, 4.69) is 4.98 Å². The molecule has 0 aliphatic carbocycles. The Morgan fingerprint density at radius 2 is 1.95 bits per heavy atom. The highest BCUT2D eigenvalue weighted by molar-refractivity contribution is 7.92. The summed E-state index contributed by atoms with van der Waals surface area (Å²) in [5, 5.41) is 0. The summed E-state index contributed by atoms with van der Waals surface area (Å²) in [5.74, 6) is -0.331. The molecule has 0 N–H and O–H groups in total. The summed E-state index contributed by atoms with van der Waals surface area (Å²) in [6.07, 6.45) is 5.11. The average molecular weight is 328 g/mol. The molecule has 0 saturated carbocycles. The number of rotatable bonds is 7. The molecule has 7 nitrogen and oxygen atoms in total. The molecule has 0 bridgehead atoms. The van der Waals surface area contributed by atoms with Crippen LogP contribution in [0.15, 0.2) is 24.3 Å². The molecule has 0 radical (unpaired) electrons. The zero-order valence-corrected chi connectivity index (χ0v) is 13.9. The first kappa shape index (κ1) is 18.0. The van der Waals surface area contributed by atoms with Crippen LogP contribution >= 0.6 is 0 Å². The molecule has 1 aromatic heterocycles.